The van der Waals surface area contributed by atoms with E-state index in [1.165, 1.54) is 11.3 Å². The number of fused-ring (bicyclic) bond motifs is 1. The molecule has 1 unspecified atom stereocenters. The first-order valence-corrected chi connectivity index (χ1v) is 13.3. The lowest BCUT2D eigenvalue weighted by molar-refractivity contribution is -0.122. The minimum absolute atomic E-state index is 0.0461. The highest BCUT2D eigenvalue weighted by Crippen LogP contribution is 2.34. The maximum atomic E-state index is 13.8. The number of rotatable bonds is 6. The summed E-state index contributed by atoms with van der Waals surface area (Å²) in [4.78, 5) is 43.2. The van der Waals surface area contributed by atoms with Crippen molar-refractivity contribution in [2.75, 3.05) is 24.7 Å². The summed E-state index contributed by atoms with van der Waals surface area (Å²) in [5.74, 6) is 0.973. The molecule has 11 nitrogen and oxygen atoms in total. The smallest absolute Gasteiger partial charge is 0.294 e. The van der Waals surface area contributed by atoms with Crippen LogP contribution in [-0.4, -0.2) is 56.4 Å². The average molecular weight is 522 g/mol. The molecule has 1 N–H and O–H groups in total. The van der Waals surface area contributed by atoms with E-state index in [1.54, 1.807) is 11.5 Å². The second-order valence-electron chi connectivity index (χ2n) is 9.31. The van der Waals surface area contributed by atoms with Crippen LogP contribution >= 0.6 is 11.3 Å². The fourth-order valence-electron chi connectivity index (χ4n) is 4.99. The Balaban J connectivity index is 1.34. The lowest BCUT2D eigenvalue weighted by Crippen LogP contribution is -2.43. The van der Waals surface area contributed by atoms with Crippen molar-refractivity contribution in [2.24, 2.45) is 0 Å². The Morgan fingerprint density at radius 1 is 1.14 bits per heavy atom. The third-order valence-corrected chi connectivity index (χ3v) is 7.83. The van der Waals surface area contributed by atoms with Crippen LogP contribution in [0.2, 0.25) is 0 Å². The maximum Gasteiger partial charge on any atom is 0.294 e. The summed E-state index contributed by atoms with van der Waals surface area (Å²) < 4.78 is 12.6. The van der Waals surface area contributed by atoms with E-state index in [9.17, 15) is 9.59 Å². The number of hydrogen-bond acceptors (Lipinski definition) is 10. The second-order valence-corrected chi connectivity index (χ2v) is 10.3. The minimum Gasteiger partial charge on any atom is -0.381 e. The van der Waals surface area contributed by atoms with Gasteiger partial charge in [-0.2, -0.15) is 4.98 Å². The number of carbonyl (C=O) groups is 1. The SMILES string of the molecule is Cc1noc(-c2nc3sc(N4CCCC4C(=O)NCc4ccccc4)nc3c(=O)n2C2CCOCC2)n1. The summed E-state index contributed by atoms with van der Waals surface area (Å²) in [5.41, 5.74) is 1.10. The van der Waals surface area contributed by atoms with Crippen molar-refractivity contribution in [2.45, 2.75) is 51.2 Å². The third-order valence-electron chi connectivity index (χ3n) is 6.84. The molecule has 0 bridgehead atoms. The predicted molar refractivity (Wildman–Crippen MR) is 137 cm³/mol. The molecule has 0 saturated carbocycles. The zero-order valence-corrected chi connectivity index (χ0v) is 21.2. The number of aryl methyl sites for hydroxylation is 1. The molecule has 37 heavy (non-hydrogen) atoms. The van der Waals surface area contributed by atoms with Gasteiger partial charge in [0.05, 0.1) is 0 Å². The molecule has 3 aromatic heterocycles. The molecule has 2 aliphatic heterocycles. The number of hydrogen-bond donors (Lipinski definition) is 1. The van der Waals surface area contributed by atoms with Gasteiger partial charge in [-0.1, -0.05) is 46.8 Å². The molecule has 0 spiro atoms. The first kappa shape index (κ1) is 23.7. The Kier molecular flexibility index (Phi) is 6.43. The third kappa shape index (κ3) is 4.62. The van der Waals surface area contributed by atoms with Gasteiger partial charge in [-0.3, -0.25) is 14.2 Å². The molecule has 1 amide bonds. The van der Waals surface area contributed by atoms with E-state index in [1.807, 2.05) is 35.2 Å². The Morgan fingerprint density at radius 3 is 2.70 bits per heavy atom. The van der Waals surface area contributed by atoms with Crippen LogP contribution in [-0.2, 0) is 16.1 Å². The van der Waals surface area contributed by atoms with Crippen LogP contribution in [0.15, 0.2) is 39.6 Å². The number of ether oxygens (including phenoxy) is 1. The van der Waals surface area contributed by atoms with Crippen molar-refractivity contribution in [3.63, 3.8) is 0 Å². The highest BCUT2D eigenvalue weighted by molar-refractivity contribution is 7.21. The second kappa shape index (κ2) is 10.0. The van der Waals surface area contributed by atoms with Crippen molar-refractivity contribution >= 4 is 32.7 Å². The van der Waals surface area contributed by atoms with Gasteiger partial charge in [0, 0.05) is 32.3 Å². The highest BCUT2D eigenvalue weighted by atomic mass is 32.1. The van der Waals surface area contributed by atoms with Crippen LogP contribution in [0.25, 0.3) is 22.1 Å². The van der Waals surface area contributed by atoms with Crippen LogP contribution in [0.4, 0.5) is 5.13 Å². The number of nitrogens with one attached hydrogen (secondary N) is 1. The standard InChI is InChI=1S/C25H27N7O4S/c1-15-27-22(36-30-15)20-29-23-19(24(34)32(20)17-9-12-35-13-10-17)28-25(37-23)31-11-5-8-18(31)21(33)26-14-16-6-3-2-4-7-16/h2-4,6-7,17-18H,5,8-14H2,1H3,(H,26,33). The molecule has 4 aromatic rings. The van der Waals surface area contributed by atoms with Crippen LogP contribution in [0.3, 0.4) is 0 Å². The van der Waals surface area contributed by atoms with Gasteiger partial charge >= 0.3 is 0 Å². The number of amides is 1. The molecule has 1 aromatic carbocycles. The average Bonchev–Trinajstić information content (AvgIpc) is 3.68. The summed E-state index contributed by atoms with van der Waals surface area (Å²) in [5, 5.41) is 7.56. The highest BCUT2D eigenvalue weighted by Gasteiger charge is 2.34. The molecule has 1 atom stereocenters. The summed E-state index contributed by atoms with van der Waals surface area (Å²) in [6, 6.07) is 9.37. The van der Waals surface area contributed by atoms with Crippen LogP contribution in [0, 0.1) is 6.92 Å². The van der Waals surface area contributed by atoms with Gasteiger partial charge in [0.25, 0.3) is 11.4 Å². The first-order valence-electron chi connectivity index (χ1n) is 12.5. The summed E-state index contributed by atoms with van der Waals surface area (Å²) >= 11 is 1.31. The van der Waals surface area contributed by atoms with Gasteiger partial charge in [-0.25, -0.2) is 9.97 Å². The van der Waals surface area contributed by atoms with Crippen LogP contribution in [0.5, 0.6) is 0 Å². The normalized spacial score (nSPS) is 18.5. The van der Waals surface area contributed by atoms with Gasteiger partial charge in [0.15, 0.2) is 21.3 Å². The lowest BCUT2D eigenvalue weighted by Gasteiger charge is -2.25. The maximum absolute atomic E-state index is 13.8. The van der Waals surface area contributed by atoms with E-state index in [0.29, 0.717) is 66.3 Å². The quantitative estimate of drug-likeness (QED) is 0.407. The van der Waals surface area contributed by atoms with Gasteiger partial charge in [0.1, 0.15) is 6.04 Å². The lowest BCUT2D eigenvalue weighted by atomic mass is 10.1. The monoisotopic (exact) mass is 521 g/mol. The summed E-state index contributed by atoms with van der Waals surface area (Å²) in [7, 11) is 0. The van der Waals surface area contributed by atoms with Crippen molar-refractivity contribution < 1.29 is 14.1 Å². The number of aromatic nitrogens is 5. The Morgan fingerprint density at radius 2 is 1.95 bits per heavy atom. The fraction of sp³-hybridized carbons (Fsp3) is 0.440. The zero-order valence-electron chi connectivity index (χ0n) is 20.4. The fourth-order valence-corrected chi connectivity index (χ4v) is 6.00. The Bertz CT molecular complexity index is 1480. The van der Waals surface area contributed by atoms with Gasteiger partial charge in [-0.05, 0) is 38.2 Å². The number of nitrogens with zero attached hydrogens (tertiary/aromatic N) is 6. The van der Waals surface area contributed by atoms with Gasteiger partial charge in [-0.15, -0.1) is 0 Å². The van der Waals surface area contributed by atoms with Gasteiger partial charge in [0.2, 0.25) is 11.7 Å². The van der Waals surface area contributed by atoms with E-state index in [0.717, 1.165) is 18.4 Å². The topological polar surface area (TPSA) is 128 Å². The summed E-state index contributed by atoms with van der Waals surface area (Å²) in [6.07, 6.45) is 2.95. The van der Waals surface area contributed by atoms with Crippen LogP contribution in [0.1, 0.15) is 43.1 Å². The Labute approximate surface area is 216 Å². The number of thiazole rings is 1. The molecule has 0 radical (unpaired) electrons. The van der Waals surface area contributed by atoms with Crippen molar-refractivity contribution in [3.05, 3.63) is 52.1 Å². The van der Waals surface area contributed by atoms with Crippen molar-refractivity contribution in [3.8, 4) is 11.7 Å². The zero-order chi connectivity index (χ0) is 25.4. The molecule has 5 heterocycles. The largest absolute Gasteiger partial charge is 0.381 e. The molecule has 2 saturated heterocycles. The molecule has 2 fully saturated rings. The first-order chi connectivity index (χ1) is 18.1. The Hall–Kier alpha value is -3.64. The number of anilines is 1. The minimum atomic E-state index is -0.347. The van der Waals surface area contributed by atoms with Crippen molar-refractivity contribution in [1.82, 2.24) is 30.0 Å². The predicted octanol–water partition coefficient (Wildman–Crippen LogP) is 2.85. The molecule has 0 aliphatic carbocycles. The van der Waals surface area contributed by atoms with Crippen LogP contribution < -0.4 is 15.8 Å². The van der Waals surface area contributed by atoms with E-state index in [-0.39, 0.29) is 29.4 Å². The van der Waals surface area contributed by atoms with E-state index in [2.05, 4.69) is 15.5 Å². The molecule has 2 aliphatic rings. The van der Waals surface area contributed by atoms with E-state index < -0.39 is 0 Å². The van der Waals surface area contributed by atoms with Gasteiger partial charge < -0.3 is 19.5 Å². The van der Waals surface area contributed by atoms with E-state index in [4.69, 9.17) is 19.2 Å². The summed E-state index contributed by atoms with van der Waals surface area (Å²) in [6.45, 7) is 4.01. The molecular weight excluding hydrogens is 494 g/mol. The number of carbonyl (C=O) groups excluding carboxylic acids is 1. The molecule has 6 rings (SSSR count). The molecular formula is C25H27N7O4S. The van der Waals surface area contributed by atoms with Crippen molar-refractivity contribution in [1.29, 1.82) is 0 Å². The number of benzene rings is 1. The molecule has 12 heteroatoms. The molecule has 192 valence electrons. The van der Waals surface area contributed by atoms with E-state index >= 15 is 0 Å².